The third kappa shape index (κ3) is 6.16. The minimum Gasteiger partial charge on any atom is -0.493 e. The fourth-order valence-corrected chi connectivity index (χ4v) is 9.12. The van der Waals surface area contributed by atoms with E-state index < -0.39 is 11.5 Å². The number of nitrogens with zero attached hydrogens (tertiary/aromatic N) is 1. The van der Waals surface area contributed by atoms with E-state index >= 15 is 0 Å². The number of anilines is 1. The van der Waals surface area contributed by atoms with Crippen LogP contribution in [0.15, 0.2) is 48.7 Å². The van der Waals surface area contributed by atoms with Gasteiger partial charge in [-0.2, -0.15) is 0 Å². The van der Waals surface area contributed by atoms with Gasteiger partial charge in [0.1, 0.15) is 11.3 Å². The number of hydrogen-bond donors (Lipinski definition) is 2. The Morgan fingerprint density at radius 1 is 1.13 bits per heavy atom. The largest absolute Gasteiger partial charge is 0.493 e. The van der Waals surface area contributed by atoms with E-state index in [1.165, 1.54) is 35.2 Å². The Balaban J connectivity index is 1.15. The molecule has 0 unspecified atom stereocenters. The van der Waals surface area contributed by atoms with E-state index in [9.17, 15) is 9.90 Å². The van der Waals surface area contributed by atoms with Crippen LogP contribution in [0.4, 0.5) is 5.69 Å². The maximum atomic E-state index is 12.9. The number of pyridine rings is 1. The molecule has 1 aromatic heterocycles. The molecule has 0 bridgehead atoms. The minimum absolute atomic E-state index is 0.0997. The van der Waals surface area contributed by atoms with Crippen LogP contribution in [0.3, 0.4) is 0 Å². The molecule has 7 rings (SSSR count). The number of benzene rings is 2. The van der Waals surface area contributed by atoms with Crippen LogP contribution in [-0.2, 0) is 23.1 Å². The van der Waals surface area contributed by atoms with Crippen molar-refractivity contribution in [2.45, 2.75) is 108 Å². The van der Waals surface area contributed by atoms with Gasteiger partial charge >= 0.3 is 5.97 Å². The molecule has 7 nitrogen and oxygen atoms in total. The number of hydrogen-bond acceptors (Lipinski definition) is 6. The van der Waals surface area contributed by atoms with Gasteiger partial charge in [0, 0.05) is 34.6 Å². The van der Waals surface area contributed by atoms with Crippen LogP contribution in [0, 0.1) is 11.8 Å². The number of aryl methyl sites for hydroxylation is 1. The van der Waals surface area contributed by atoms with Gasteiger partial charge in [0.2, 0.25) is 0 Å². The Bertz CT molecular complexity index is 1630. The Kier molecular flexibility index (Phi) is 8.79. The summed E-state index contributed by atoms with van der Waals surface area (Å²) in [5.74, 6) is 2.94. The Morgan fingerprint density at radius 3 is 2.74 bits per heavy atom. The first-order chi connectivity index (χ1) is 22.7. The van der Waals surface area contributed by atoms with Gasteiger partial charge in [-0.1, -0.05) is 31.5 Å². The summed E-state index contributed by atoms with van der Waals surface area (Å²) in [5, 5.41) is 14.6. The summed E-state index contributed by atoms with van der Waals surface area (Å²) in [7, 11) is 0. The van der Waals surface area contributed by atoms with Crippen molar-refractivity contribution in [3.8, 4) is 17.2 Å². The predicted octanol–water partition coefficient (Wildman–Crippen LogP) is 8.75. The first-order valence-corrected chi connectivity index (χ1v) is 17.9. The smallest absolute Gasteiger partial charge is 0.329 e. The molecule has 4 atom stereocenters. The molecule has 2 N–H and O–H groups in total. The highest BCUT2D eigenvalue weighted by Gasteiger charge is 2.54. The molecule has 250 valence electrons. The molecule has 47 heavy (non-hydrogen) atoms. The van der Waals surface area contributed by atoms with E-state index in [0.717, 1.165) is 61.5 Å². The lowest BCUT2D eigenvalue weighted by Crippen LogP contribution is -2.53. The van der Waals surface area contributed by atoms with Crippen molar-refractivity contribution < 1.29 is 24.1 Å². The second-order valence-corrected chi connectivity index (χ2v) is 15.2. The topological polar surface area (TPSA) is 89.9 Å². The lowest BCUT2D eigenvalue weighted by atomic mass is 9.59. The number of nitrogens with one attached hydrogen (secondary N) is 1. The van der Waals surface area contributed by atoms with E-state index in [4.69, 9.17) is 25.8 Å². The number of ether oxygens (including phenoxy) is 3. The van der Waals surface area contributed by atoms with Crippen LogP contribution < -0.4 is 19.5 Å². The third-order valence-electron chi connectivity index (χ3n) is 11.5. The van der Waals surface area contributed by atoms with E-state index in [1.807, 2.05) is 24.4 Å². The average Bonchev–Trinajstić information content (AvgIpc) is 3.18. The lowest BCUT2D eigenvalue weighted by molar-refractivity contribution is -0.144. The van der Waals surface area contributed by atoms with E-state index in [0.29, 0.717) is 48.8 Å². The number of fused-ring (bicyclic) bond motifs is 4. The molecule has 3 aromatic rings. The zero-order valence-electron chi connectivity index (χ0n) is 27.8. The number of aromatic nitrogens is 1. The number of carbonyl (C=O) groups is 1. The summed E-state index contributed by atoms with van der Waals surface area (Å²) in [6.07, 6.45) is 10.7. The summed E-state index contributed by atoms with van der Waals surface area (Å²) < 4.78 is 19.1. The molecule has 2 heterocycles. The van der Waals surface area contributed by atoms with Gasteiger partial charge < -0.3 is 24.6 Å². The number of halogens is 1. The number of carboxylic acids is 1. The van der Waals surface area contributed by atoms with Crippen molar-refractivity contribution in [1.82, 2.24) is 4.98 Å². The van der Waals surface area contributed by atoms with Crippen LogP contribution >= 0.6 is 11.6 Å². The molecule has 1 aliphatic heterocycles. The predicted molar refractivity (Wildman–Crippen MR) is 184 cm³/mol. The van der Waals surface area contributed by atoms with Gasteiger partial charge in [-0.3, -0.25) is 4.98 Å². The Morgan fingerprint density at radius 2 is 1.96 bits per heavy atom. The zero-order chi connectivity index (χ0) is 32.8. The van der Waals surface area contributed by atoms with Gasteiger partial charge in [0.05, 0.1) is 19.3 Å². The van der Waals surface area contributed by atoms with Gasteiger partial charge in [0.25, 0.3) is 0 Å². The van der Waals surface area contributed by atoms with Gasteiger partial charge in [-0.25, -0.2) is 4.79 Å². The van der Waals surface area contributed by atoms with Crippen LogP contribution in [0.5, 0.6) is 17.2 Å². The SMILES string of the molecule is C[C@@H](COc1ccnc2c1[C@H](C)CCC2)C[C@H]1Cc2cc3c(cc2C12CCC(Nc1cccc(Cl)c1)(C(=O)O)CC2)OCC[C@@H](C)O3. The van der Waals surface area contributed by atoms with Crippen LogP contribution in [0.1, 0.15) is 100 Å². The minimum atomic E-state index is -1.06. The van der Waals surface area contributed by atoms with Gasteiger partial charge in [-0.15, -0.1) is 0 Å². The summed E-state index contributed by atoms with van der Waals surface area (Å²) in [4.78, 5) is 17.6. The van der Waals surface area contributed by atoms with Gasteiger partial charge in [0.15, 0.2) is 11.5 Å². The zero-order valence-corrected chi connectivity index (χ0v) is 28.6. The molecule has 2 aromatic carbocycles. The van der Waals surface area contributed by atoms with Crippen LogP contribution in [0.2, 0.25) is 5.02 Å². The molecule has 1 spiro atoms. The van der Waals surface area contributed by atoms with Crippen molar-refractivity contribution in [2.24, 2.45) is 11.8 Å². The molecule has 0 amide bonds. The second kappa shape index (κ2) is 12.9. The molecule has 1 saturated carbocycles. The Hall–Kier alpha value is -3.45. The second-order valence-electron chi connectivity index (χ2n) is 14.7. The molecule has 1 fully saturated rings. The summed E-state index contributed by atoms with van der Waals surface area (Å²) >= 11 is 6.27. The fraction of sp³-hybridized carbons (Fsp3) is 0.538. The summed E-state index contributed by atoms with van der Waals surface area (Å²) in [5.41, 5.74) is 4.62. The first-order valence-electron chi connectivity index (χ1n) is 17.5. The van der Waals surface area contributed by atoms with Crippen LogP contribution in [-0.4, -0.2) is 40.9 Å². The molecule has 8 heteroatoms. The quantitative estimate of drug-likeness (QED) is 0.250. The maximum absolute atomic E-state index is 12.9. The van der Waals surface area contributed by atoms with E-state index in [2.05, 4.69) is 43.2 Å². The van der Waals surface area contributed by atoms with Gasteiger partial charge in [-0.05, 0) is 135 Å². The van der Waals surface area contributed by atoms with Crippen molar-refractivity contribution in [3.63, 3.8) is 0 Å². The Labute approximate surface area is 283 Å². The average molecular weight is 659 g/mol. The maximum Gasteiger partial charge on any atom is 0.329 e. The number of rotatable bonds is 8. The normalized spacial score (nSPS) is 28.6. The summed E-state index contributed by atoms with van der Waals surface area (Å²) in [6.45, 7) is 7.94. The van der Waals surface area contributed by atoms with Crippen molar-refractivity contribution in [3.05, 3.63) is 76.1 Å². The third-order valence-corrected chi connectivity index (χ3v) is 11.7. The van der Waals surface area contributed by atoms with Crippen molar-refractivity contribution in [2.75, 3.05) is 18.5 Å². The molecule has 3 aliphatic carbocycles. The van der Waals surface area contributed by atoms with Crippen LogP contribution in [0.25, 0.3) is 0 Å². The highest BCUT2D eigenvalue weighted by Crippen LogP contribution is 2.58. The van der Waals surface area contributed by atoms with Crippen molar-refractivity contribution >= 4 is 23.3 Å². The highest BCUT2D eigenvalue weighted by molar-refractivity contribution is 6.30. The fourth-order valence-electron chi connectivity index (χ4n) is 8.93. The molecular weight excluding hydrogens is 612 g/mol. The molecule has 4 aliphatic rings. The number of carboxylic acid groups (broad SMARTS) is 1. The first kappa shape index (κ1) is 32.1. The summed E-state index contributed by atoms with van der Waals surface area (Å²) in [6, 6.07) is 13.8. The molecular formula is C39H47ClN2O5. The van der Waals surface area contributed by atoms with Crippen molar-refractivity contribution in [1.29, 1.82) is 0 Å². The monoisotopic (exact) mass is 658 g/mol. The van der Waals surface area contributed by atoms with E-state index in [1.54, 1.807) is 12.1 Å². The lowest BCUT2D eigenvalue weighted by Gasteiger charge is -2.47. The standard InChI is InChI=1S/C39H47ClN2O5/c1-24(23-46-33-10-16-41-32-9-4-6-25(2)36(32)33)18-28-19-27-20-35-34(45-17-11-26(3)47-35)22-31(27)38(28)12-14-39(15-13-38,37(43)44)42-30-8-5-7-29(40)21-30/h5,7-8,10,16,20-22,24-26,28,42H,4,6,9,11-15,17-19,23H2,1-3H3,(H,43,44)/t24-,25-,26-,28+,38?,39?/m1/s1. The number of aliphatic carboxylic acids is 1. The molecule has 0 radical (unpaired) electrons. The molecule has 0 saturated heterocycles. The van der Waals surface area contributed by atoms with E-state index in [-0.39, 0.29) is 11.5 Å². The highest BCUT2D eigenvalue weighted by atomic mass is 35.5.